The maximum Gasteiger partial charge on any atom is 0.191 e. The van der Waals surface area contributed by atoms with Crippen molar-refractivity contribution in [2.24, 2.45) is 17.8 Å². The fourth-order valence-corrected chi connectivity index (χ4v) is 6.58. The first-order valence-corrected chi connectivity index (χ1v) is 13.3. The second-order valence-electron chi connectivity index (χ2n) is 9.22. The number of nitrogens with zero attached hydrogens (tertiary/aromatic N) is 3. The van der Waals surface area contributed by atoms with Crippen LogP contribution in [0.2, 0.25) is 5.02 Å². The van der Waals surface area contributed by atoms with E-state index in [-0.39, 0.29) is 24.2 Å². The Balaban J connectivity index is 1.29. The van der Waals surface area contributed by atoms with Gasteiger partial charge in [-0.3, -0.25) is 4.57 Å². The van der Waals surface area contributed by atoms with Crippen molar-refractivity contribution in [2.45, 2.75) is 50.4 Å². The first-order valence-electron chi connectivity index (χ1n) is 11.9. The number of rotatable bonds is 10. The monoisotopic (exact) mass is 501 g/mol. The van der Waals surface area contributed by atoms with Crippen LogP contribution in [0.3, 0.4) is 0 Å². The molecule has 2 fully saturated rings. The molecule has 2 saturated carbocycles. The van der Waals surface area contributed by atoms with Crippen LogP contribution in [0.5, 0.6) is 11.5 Å². The fraction of sp³-hybridized carbons (Fsp3) is 0.462. The Bertz CT molecular complexity index is 1130. The minimum absolute atomic E-state index is 0.179. The largest absolute Gasteiger partial charge is 0.493 e. The SMILES string of the molecule is C[C@@H]([C@H]1C[C@@H]2CC[C@@H]1C2)n1c(COc2ccccc2F)nnc1SCCOc1cccc(Cl)c1. The molecule has 180 valence electrons. The zero-order chi connectivity index (χ0) is 23.5. The fourth-order valence-electron chi connectivity index (χ4n) is 5.54. The van der Waals surface area contributed by atoms with Crippen molar-refractivity contribution in [3.05, 3.63) is 65.2 Å². The van der Waals surface area contributed by atoms with Gasteiger partial charge in [0.2, 0.25) is 0 Å². The molecular formula is C26H29ClFN3O2S. The van der Waals surface area contributed by atoms with Gasteiger partial charge < -0.3 is 9.47 Å². The van der Waals surface area contributed by atoms with Crippen molar-refractivity contribution >= 4 is 23.4 Å². The lowest BCUT2D eigenvalue weighted by Gasteiger charge is -2.30. The average Bonchev–Trinajstić information content (AvgIpc) is 3.57. The molecule has 5 rings (SSSR count). The lowest BCUT2D eigenvalue weighted by Crippen LogP contribution is -2.24. The molecule has 0 saturated heterocycles. The second-order valence-corrected chi connectivity index (χ2v) is 10.7. The number of hydrogen-bond acceptors (Lipinski definition) is 5. The summed E-state index contributed by atoms with van der Waals surface area (Å²) >= 11 is 7.67. The maximum atomic E-state index is 14.1. The lowest BCUT2D eigenvalue weighted by molar-refractivity contribution is 0.215. The third-order valence-corrected chi connectivity index (χ3v) is 8.27. The molecule has 5 nitrogen and oxygen atoms in total. The van der Waals surface area contributed by atoms with Gasteiger partial charge in [0.15, 0.2) is 22.5 Å². The normalized spacial score (nSPS) is 22.1. The Kier molecular flexibility index (Phi) is 7.30. The summed E-state index contributed by atoms with van der Waals surface area (Å²) in [6, 6.07) is 14.1. The topological polar surface area (TPSA) is 49.2 Å². The molecule has 0 unspecified atom stereocenters. The van der Waals surface area contributed by atoms with Gasteiger partial charge in [-0.25, -0.2) is 4.39 Å². The number of halogens is 2. The summed E-state index contributed by atoms with van der Waals surface area (Å²) in [5, 5.41) is 10.5. The third kappa shape index (κ3) is 5.20. The van der Waals surface area contributed by atoms with Gasteiger partial charge in [0.05, 0.1) is 6.61 Å². The second kappa shape index (κ2) is 10.6. The van der Waals surface area contributed by atoms with E-state index in [1.54, 1.807) is 30.0 Å². The smallest absolute Gasteiger partial charge is 0.191 e. The lowest BCUT2D eigenvalue weighted by atomic mass is 9.84. The van der Waals surface area contributed by atoms with Crippen molar-refractivity contribution in [1.82, 2.24) is 14.8 Å². The highest BCUT2D eigenvalue weighted by atomic mass is 35.5. The van der Waals surface area contributed by atoms with Crippen molar-refractivity contribution in [1.29, 1.82) is 0 Å². The highest BCUT2D eigenvalue weighted by Crippen LogP contribution is 2.52. The van der Waals surface area contributed by atoms with Crippen LogP contribution < -0.4 is 9.47 Å². The van der Waals surface area contributed by atoms with E-state index < -0.39 is 0 Å². The van der Waals surface area contributed by atoms with E-state index in [9.17, 15) is 4.39 Å². The zero-order valence-corrected chi connectivity index (χ0v) is 20.8. The number of para-hydroxylation sites is 1. The highest BCUT2D eigenvalue weighted by Gasteiger charge is 2.43. The number of benzene rings is 2. The Labute approximate surface area is 209 Å². The van der Waals surface area contributed by atoms with Gasteiger partial charge in [-0.2, -0.15) is 0 Å². The van der Waals surface area contributed by atoms with Crippen LogP contribution in [0, 0.1) is 23.6 Å². The summed E-state index contributed by atoms with van der Waals surface area (Å²) in [6.07, 6.45) is 5.29. The summed E-state index contributed by atoms with van der Waals surface area (Å²) in [5.74, 6) is 4.31. The van der Waals surface area contributed by atoms with Crippen LogP contribution in [0.15, 0.2) is 53.7 Å². The molecule has 34 heavy (non-hydrogen) atoms. The quantitative estimate of drug-likeness (QED) is 0.225. The molecule has 3 aromatic rings. The van der Waals surface area contributed by atoms with Gasteiger partial charge in [-0.15, -0.1) is 10.2 Å². The van der Waals surface area contributed by atoms with Gasteiger partial charge in [0, 0.05) is 16.8 Å². The minimum Gasteiger partial charge on any atom is -0.493 e. The molecule has 2 bridgehead atoms. The van der Waals surface area contributed by atoms with Crippen molar-refractivity contribution in [2.75, 3.05) is 12.4 Å². The van der Waals surface area contributed by atoms with E-state index in [4.69, 9.17) is 21.1 Å². The van der Waals surface area contributed by atoms with E-state index in [1.807, 2.05) is 24.3 Å². The highest BCUT2D eigenvalue weighted by molar-refractivity contribution is 7.99. The molecule has 0 radical (unpaired) electrons. The molecule has 2 aliphatic rings. The summed E-state index contributed by atoms with van der Waals surface area (Å²) in [5.41, 5.74) is 0. The third-order valence-electron chi connectivity index (χ3n) is 7.13. The molecule has 1 aromatic heterocycles. The van der Waals surface area contributed by atoms with Crippen LogP contribution in [0.1, 0.15) is 44.5 Å². The number of hydrogen-bond donors (Lipinski definition) is 0. The molecule has 1 heterocycles. The van der Waals surface area contributed by atoms with E-state index in [2.05, 4.69) is 21.7 Å². The van der Waals surface area contributed by atoms with Gasteiger partial charge in [-0.1, -0.05) is 48.0 Å². The molecule has 4 atom stereocenters. The number of ether oxygens (including phenoxy) is 2. The Morgan fingerprint density at radius 2 is 2.00 bits per heavy atom. The molecule has 2 aromatic carbocycles. The van der Waals surface area contributed by atoms with Gasteiger partial charge in [0.1, 0.15) is 12.4 Å². The van der Waals surface area contributed by atoms with Crippen LogP contribution in [0.4, 0.5) is 4.39 Å². The molecule has 0 spiro atoms. The Morgan fingerprint density at radius 1 is 1.12 bits per heavy atom. The van der Waals surface area contributed by atoms with Crippen LogP contribution in [-0.2, 0) is 6.61 Å². The van der Waals surface area contributed by atoms with Gasteiger partial charge in [-0.05, 0) is 74.3 Å². The summed E-state index contributed by atoms with van der Waals surface area (Å²) in [6.45, 7) is 2.98. The van der Waals surface area contributed by atoms with Gasteiger partial charge >= 0.3 is 0 Å². The molecular weight excluding hydrogens is 473 g/mol. The molecule has 2 aliphatic carbocycles. The van der Waals surface area contributed by atoms with E-state index in [0.717, 1.165) is 34.3 Å². The van der Waals surface area contributed by atoms with Crippen LogP contribution in [0.25, 0.3) is 0 Å². The van der Waals surface area contributed by atoms with Crippen LogP contribution >= 0.6 is 23.4 Å². The standard InChI is InChI=1S/C26H29ClFN3O2S/c1-17(22-14-18-9-10-19(22)13-18)31-25(16-33-24-8-3-2-7-23(24)28)29-30-26(31)34-12-11-32-21-6-4-5-20(27)15-21/h2-8,15,17-19,22H,9-14,16H2,1H3/t17-,18+,19+,22+/m0/s1. The number of thioether (sulfide) groups is 1. The predicted octanol–water partition coefficient (Wildman–Crippen LogP) is 6.82. The van der Waals surface area contributed by atoms with E-state index in [0.29, 0.717) is 17.5 Å². The summed E-state index contributed by atoms with van der Waals surface area (Å²) in [4.78, 5) is 0. The maximum absolute atomic E-state index is 14.1. The average molecular weight is 502 g/mol. The van der Waals surface area contributed by atoms with Gasteiger partial charge in [0.25, 0.3) is 0 Å². The molecule has 0 N–H and O–H groups in total. The summed E-state index contributed by atoms with van der Waals surface area (Å²) < 4.78 is 27.9. The first kappa shape index (κ1) is 23.5. The zero-order valence-electron chi connectivity index (χ0n) is 19.2. The van der Waals surface area contributed by atoms with Crippen LogP contribution in [-0.4, -0.2) is 27.1 Å². The molecule has 0 amide bonds. The van der Waals surface area contributed by atoms with E-state index in [1.165, 1.54) is 31.7 Å². The van der Waals surface area contributed by atoms with Crippen molar-refractivity contribution in [3.63, 3.8) is 0 Å². The first-order chi connectivity index (χ1) is 16.6. The molecule has 0 aliphatic heterocycles. The van der Waals surface area contributed by atoms with Crippen molar-refractivity contribution < 1.29 is 13.9 Å². The Morgan fingerprint density at radius 3 is 2.76 bits per heavy atom. The number of fused-ring (bicyclic) bond motifs is 2. The predicted molar refractivity (Wildman–Crippen MR) is 132 cm³/mol. The van der Waals surface area contributed by atoms with Crippen molar-refractivity contribution in [3.8, 4) is 11.5 Å². The summed E-state index contributed by atoms with van der Waals surface area (Å²) in [7, 11) is 0. The molecule has 8 heteroatoms. The minimum atomic E-state index is -0.373. The number of aromatic nitrogens is 3. The van der Waals surface area contributed by atoms with E-state index >= 15 is 0 Å². The Hall–Kier alpha value is -2.25.